The second-order valence-electron chi connectivity index (χ2n) is 5.66. The van der Waals surface area contributed by atoms with Gasteiger partial charge in [-0.25, -0.2) is 0 Å². The van der Waals surface area contributed by atoms with Gasteiger partial charge in [-0.2, -0.15) is 5.10 Å². The van der Waals surface area contributed by atoms with Gasteiger partial charge < -0.3 is 4.90 Å². The molecular weight excluding hydrogens is 260 g/mol. The van der Waals surface area contributed by atoms with Crippen LogP contribution >= 0.6 is 0 Å². The maximum absolute atomic E-state index is 4.64. The molecule has 1 fully saturated rings. The van der Waals surface area contributed by atoms with E-state index in [1.807, 2.05) is 30.3 Å². The Kier molecular flexibility index (Phi) is 2.88. The third-order valence-electron chi connectivity index (χ3n) is 4.19. The summed E-state index contributed by atoms with van der Waals surface area (Å²) in [5, 5.41) is 5.49. The molecule has 1 aliphatic heterocycles. The van der Waals surface area contributed by atoms with Crippen molar-refractivity contribution in [3.8, 4) is 11.1 Å². The first-order chi connectivity index (χ1) is 10.3. The molecule has 0 bridgehead atoms. The Morgan fingerprint density at radius 2 is 1.90 bits per heavy atom. The lowest BCUT2D eigenvalue weighted by Gasteiger charge is -2.19. The van der Waals surface area contributed by atoms with Gasteiger partial charge in [0, 0.05) is 54.7 Å². The minimum absolute atomic E-state index is 1.06. The molecule has 4 nitrogen and oxygen atoms in total. The lowest BCUT2D eigenvalue weighted by Crippen LogP contribution is -2.17. The standard InChI is InChI=1S/C17H18N4/c1-20-12-14(11-19-20)13-9-15-16(18-10-13)5-4-6-17(15)21-7-2-3-8-21/h4-6,9-12H,2-3,7-8H2,1H3. The average Bonchev–Trinajstić information content (AvgIpc) is 3.17. The minimum atomic E-state index is 1.06. The summed E-state index contributed by atoms with van der Waals surface area (Å²) in [5.41, 5.74) is 4.61. The molecule has 4 rings (SSSR count). The minimum Gasteiger partial charge on any atom is -0.371 e. The normalized spacial score (nSPS) is 15.0. The van der Waals surface area contributed by atoms with Gasteiger partial charge >= 0.3 is 0 Å². The van der Waals surface area contributed by atoms with E-state index >= 15 is 0 Å². The number of nitrogens with zero attached hydrogens (tertiary/aromatic N) is 4. The lowest BCUT2D eigenvalue weighted by atomic mass is 10.1. The first-order valence-corrected chi connectivity index (χ1v) is 7.44. The highest BCUT2D eigenvalue weighted by Crippen LogP contribution is 2.31. The summed E-state index contributed by atoms with van der Waals surface area (Å²) < 4.78 is 1.83. The predicted molar refractivity (Wildman–Crippen MR) is 85.4 cm³/mol. The molecule has 0 unspecified atom stereocenters. The zero-order chi connectivity index (χ0) is 14.2. The van der Waals surface area contributed by atoms with Crippen LogP contribution in [0.5, 0.6) is 0 Å². The van der Waals surface area contributed by atoms with Gasteiger partial charge in [-0.15, -0.1) is 0 Å². The molecule has 4 heteroatoms. The van der Waals surface area contributed by atoms with Gasteiger partial charge in [-0.05, 0) is 31.0 Å². The molecule has 0 aliphatic carbocycles. The summed E-state index contributed by atoms with van der Waals surface area (Å²) in [4.78, 5) is 7.10. The van der Waals surface area contributed by atoms with Crippen LogP contribution in [0.15, 0.2) is 42.9 Å². The number of rotatable bonds is 2. The molecule has 0 amide bonds. The zero-order valence-corrected chi connectivity index (χ0v) is 12.2. The third-order valence-corrected chi connectivity index (χ3v) is 4.19. The maximum Gasteiger partial charge on any atom is 0.0723 e. The number of benzene rings is 1. The van der Waals surface area contributed by atoms with Crippen LogP contribution in [0.1, 0.15) is 12.8 Å². The maximum atomic E-state index is 4.64. The Morgan fingerprint density at radius 1 is 1.05 bits per heavy atom. The van der Waals surface area contributed by atoms with Crippen LogP contribution in [0, 0.1) is 0 Å². The molecule has 0 spiro atoms. The summed E-state index contributed by atoms with van der Waals surface area (Å²) in [5.74, 6) is 0. The van der Waals surface area contributed by atoms with Crippen LogP contribution in [0.2, 0.25) is 0 Å². The molecule has 0 atom stereocenters. The van der Waals surface area contributed by atoms with E-state index in [1.54, 1.807) is 0 Å². The largest absolute Gasteiger partial charge is 0.371 e. The Bertz CT molecular complexity index is 784. The van der Waals surface area contributed by atoms with E-state index in [9.17, 15) is 0 Å². The quantitative estimate of drug-likeness (QED) is 0.721. The van der Waals surface area contributed by atoms with Crippen molar-refractivity contribution in [3.63, 3.8) is 0 Å². The Balaban J connectivity index is 1.87. The molecule has 2 aromatic heterocycles. The van der Waals surface area contributed by atoms with Crippen LogP contribution in [-0.2, 0) is 7.05 Å². The monoisotopic (exact) mass is 278 g/mol. The first-order valence-electron chi connectivity index (χ1n) is 7.44. The molecular formula is C17H18N4. The topological polar surface area (TPSA) is 34.0 Å². The Labute approximate surface area is 124 Å². The first kappa shape index (κ1) is 12.4. The number of hydrogen-bond donors (Lipinski definition) is 0. The van der Waals surface area contributed by atoms with Crippen molar-refractivity contribution >= 4 is 16.6 Å². The molecule has 21 heavy (non-hydrogen) atoms. The zero-order valence-electron chi connectivity index (χ0n) is 12.2. The van der Waals surface area contributed by atoms with Gasteiger partial charge in [0.1, 0.15) is 0 Å². The van der Waals surface area contributed by atoms with Crippen molar-refractivity contribution in [2.75, 3.05) is 18.0 Å². The van der Waals surface area contributed by atoms with Gasteiger partial charge in [-0.1, -0.05) is 6.07 Å². The summed E-state index contributed by atoms with van der Waals surface area (Å²) >= 11 is 0. The second kappa shape index (κ2) is 4.88. The van der Waals surface area contributed by atoms with E-state index in [1.165, 1.54) is 23.9 Å². The van der Waals surface area contributed by atoms with Gasteiger partial charge in [0.25, 0.3) is 0 Å². The van der Waals surface area contributed by atoms with Crippen molar-refractivity contribution in [1.29, 1.82) is 0 Å². The van der Waals surface area contributed by atoms with Crippen LogP contribution in [0.25, 0.3) is 22.0 Å². The number of hydrogen-bond acceptors (Lipinski definition) is 3. The van der Waals surface area contributed by atoms with Gasteiger partial charge in [0.2, 0.25) is 0 Å². The fraction of sp³-hybridized carbons (Fsp3) is 0.294. The predicted octanol–water partition coefficient (Wildman–Crippen LogP) is 3.24. The van der Waals surface area contributed by atoms with Gasteiger partial charge in [0.05, 0.1) is 11.7 Å². The fourth-order valence-corrected chi connectivity index (χ4v) is 3.10. The van der Waals surface area contributed by atoms with Crippen LogP contribution < -0.4 is 4.90 Å². The second-order valence-corrected chi connectivity index (χ2v) is 5.66. The molecule has 1 aliphatic rings. The summed E-state index contributed by atoms with van der Waals surface area (Å²) in [7, 11) is 1.94. The smallest absolute Gasteiger partial charge is 0.0723 e. The number of fused-ring (bicyclic) bond motifs is 1. The van der Waals surface area contributed by atoms with Gasteiger partial charge in [0.15, 0.2) is 0 Å². The third kappa shape index (κ3) is 2.17. The molecule has 106 valence electrons. The molecule has 0 saturated carbocycles. The molecule has 1 saturated heterocycles. The van der Waals surface area contributed by atoms with Crippen molar-refractivity contribution < 1.29 is 0 Å². The highest BCUT2D eigenvalue weighted by atomic mass is 15.2. The van der Waals surface area contributed by atoms with E-state index in [4.69, 9.17) is 0 Å². The summed E-state index contributed by atoms with van der Waals surface area (Å²) in [6.07, 6.45) is 8.42. The molecule has 0 N–H and O–H groups in total. The van der Waals surface area contributed by atoms with E-state index in [0.717, 1.165) is 29.7 Å². The molecule has 1 aromatic carbocycles. The average molecular weight is 278 g/mol. The van der Waals surface area contributed by atoms with Crippen molar-refractivity contribution in [1.82, 2.24) is 14.8 Å². The number of pyridine rings is 1. The lowest BCUT2D eigenvalue weighted by molar-refractivity contribution is 0.768. The van der Waals surface area contributed by atoms with E-state index in [2.05, 4.69) is 39.2 Å². The SMILES string of the molecule is Cn1cc(-c2cnc3cccc(N4CCCC4)c3c2)cn1. The highest BCUT2D eigenvalue weighted by Gasteiger charge is 2.15. The molecule has 0 radical (unpaired) electrons. The van der Waals surface area contributed by atoms with Crippen molar-refractivity contribution in [2.45, 2.75) is 12.8 Å². The highest BCUT2D eigenvalue weighted by molar-refractivity contribution is 5.94. The fourth-order valence-electron chi connectivity index (χ4n) is 3.10. The number of aromatic nitrogens is 3. The molecule has 3 heterocycles. The van der Waals surface area contributed by atoms with Crippen LogP contribution in [0.4, 0.5) is 5.69 Å². The van der Waals surface area contributed by atoms with E-state index in [-0.39, 0.29) is 0 Å². The van der Waals surface area contributed by atoms with Crippen LogP contribution in [-0.4, -0.2) is 27.9 Å². The summed E-state index contributed by atoms with van der Waals surface area (Å²) in [6.45, 7) is 2.30. The van der Waals surface area contributed by atoms with Crippen molar-refractivity contribution in [3.05, 3.63) is 42.9 Å². The van der Waals surface area contributed by atoms with E-state index < -0.39 is 0 Å². The molecule has 3 aromatic rings. The number of aryl methyl sites for hydroxylation is 1. The number of anilines is 1. The summed E-state index contributed by atoms with van der Waals surface area (Å²) in [6, 6.07) is 8.64. The van der Waals surface area contributed by atoms with Crippen LogP contribution in [0.3, 0.4) is 0 Å². The van der Waals surface area contributed by atoms with Gasteiger partial charge in [-0.3, -0.25) is 9.67 Å². The Morgan fingerprint density at radius 3 is 2.67 bits per heavy atom. The van der Waals surface area contributed by atoms with E-state index in [0.29, 0.717) is 0 Å². The van der Waals surface area contributed by atoms with Crippen molar-refractivity contribution in [2.24, 2.45) is 7.05 Å². The Hall–Kier alpha value is -2.36.